The van der Waals surface area contributed by atoms with Crippen molar-refractivity contribution in [2.45, 2.75) is 90.1 Å². The maximum absolute atomic E-state index is 11.9. The smallest absolute Gasteiger partial charge is 0.305 e. The Morgan fingerprint density at radius 1 is 1.04 bits per heavy atom. The number of unbranched alkanes of at least 4 members (excludes halogenated alkanes) is 10. The molecule has 0 aliphatic carbocycles. The summed E-state index contributed by atoms with van der Waals surface area (Å²) >= 11 is 6.93. The zero-order valence-corrected chi connectivity index (χ0v) is 20.2. The summed E-state index contributed by atoms with van der Waals surface area (Å²) in [5.41, 5.74) is -2.20. The number of carbonyl (C=O) groups is 1. The SMILES string of the molecule is CCCCCCCCCCCCCC(=O)OCC(COP1(=S)OCCS1)OC. The lowest BCUT2D eigenvalue weighted by atomic mass is 10.1. The van der Waals surface area contributed by atoms with Gasteiger partial charge in [-0.05, 0) is 18.2 Å². The molecule has 1 heterocycles. The van der Waals surface area contributed by atoms with Crippen molar-refractivity contribution in [3.8, 4) is 0 Å². The van der Waals surface area contributed by atoms with Gasteiger partial charge in [0.05, 0.1) is 13.2 Å². The molecule has 0 aromatic rings. The lowest BCUT2D eigenvalue weighted by Gasteiger charge is -2.19. The number of rotatable bonds is 18. The van der Waals surface area contributed by atoms with E-state index in [1.807, 2.05) is 0 Å². The van der Waals surface area contributed by atoms with Crippen molar-refractivity contribution in [2.24, 2.45) is 0 Å². The van der Waals surface area contributed by atoms with Gasteiger partial charge >= 0.3 is 5.97 Å². The van der Waals surface area contributed by atoms with E-state index in [4.69, 9.17) is 30.3 Å². The Kier molecular flexibility index (Phi) is 16.1. The largest absolute Gasteiger partial charge is 0.463 e. The number of esters is 1. The average molecular weight is 455 g/mol. The highest BCUT2D eigenvalue weighted by atomic mass is 32.9. The summed E-state index contributed by atoms with van der Waals surface area (Å²) in [6.45, 7) is 3.40. The lowest BCUT2D eigenvalue weighted by Crippen LogP contribution is -2.25. The summed E-state index contributed by atoms with van der Waals surface area (Å²) in [6, 6.07) is 0. The molecule has 1 aliphatic rings. The second-order valence-electron chi connectivity index (χ2n) is 7.24. The van der Waals surface area contributed by atoms with Crippen LogP contribution in [-0.2, 0) is 35.1 Å². The van der Waals surface area contributed by atoms with Crippen LogP contribution in [0.1, 0.15) is 84.0 Å². The molecule has 5 nitrogen and oxygen atoms in total. The van der Waals surface area contributed by atoms with Crippen LogP contribution in [0.4, 0.5) is 0 Å². The Balaban J connectivity index is 1.94. The Morgan fingerprint density at radius 3 is 2.18 bits per heavy atom. The van der Waals surface area contributed by atoms with Crippen LogP contribution in [0.25, 0.3) is 0 Å². The van der Waals surface area contributed by atoms with Gasteiger partial charge in [0, 0.05) is 19.3 Å². The Labute approximate surface area is 180 Å². The predicted molar refractivity (Wildman–Crippen MR) is 121 cm³/mol. The number of ether oxygens (including phenoxy) is 2. The van der Waals surface area contributed by atoms with Crippen LogP contribution in [0.3, 0.4) is 0 Å². The monoisotopic (exact) mass is 454 g/mol. The number of carbonyl (C=O) groups excluding carboxylic acids is 1. The van der Waals surface area contributed by atoms with E-state index in [-0.39, 0.29) is 18.7 Å². The molecule has 28 heavy (non-hydrogen) atoms. The van der Waals surface area contributed by atoms with Crippen molar-refractivity contribution in [3.63, 3.8) is 0 Å². The van der Waals surface area contributed by atoms with E-state index in [0.717, 1.165) is 18.6 Å². The number of methoxy groups -OCH3 is 1. The second-order valence-corrected chi connectivity index (χ2v) is 13.7. The summed E-state index contributed by atoms with van der Waals surface area (Å²) in [5.74, 6) is 0.718. The quantitative estimate of drug-likeness (QED) is 0.138. The van der Waals surface area contributed by atoms with Crippen molar-refractivity contribution in [1.29, 1.82) is 0 Å². The normalized spacial score (nSPS) is 20.4. The summed E-state index contributed by atoms with van der Waals surface area (Å²) in [5, 5.41) is 0. The first-order valence-electron chi connectivity index (χ1n) is 10.8. The van der Waals surface area contributed by atoms with E-state index in [2.05, 4.69) is 6.92 Å². The fourth-order valence-electron chi connectivity index (χ4n) is 2.96. The van der Waals surface area contributed by atoms with Crippen LogP contribution in [0.15, 0.2) is 0 Å². The fraction of sp³-hybridized carbons (Fsp3) is 0.950. The zero-order valence-electron chi connectivity index (χ0n) is 17.7. The highest BCUT2D eigenvalue weighted by molar-refractivity contribution is 8.68. The van der Waals surface area contributed by atoms with Crippen molar-refractivity contribution in [3.05, 3.63) is 0 Å². The molecule has 1 rings (SSSR count). The molecule has 0 amide bonds. The molecule has 2 atom stereocenters. The fourth-order valence-corrected chi connectivity index (χ4v) is 7.18. The zero-order chi connectivity index (χ0) is 20.5. The van der Waals surface area contributed by atoms with Crippen LogP contribution in [-0.4, -0.2) is 44.8 Å². The molecule has 0 radical (unpaired) electrons. The minimum atomic E-state index is -2.20. The molecule has 0 aromatic carbocycles. The van der Waals surface area contributed by atoms with Gasteiger partial charge in [-0.1, -0.05) is 82.5 Å². The molecule has 0 bridgehead atoms. The van der Waals surface area contributed by atoms with Crippen LogP contribution in [0, 0.1) is 0 Å². The molecular weight excluding hydrogens is 415 g/mol. The molecule has 1 saturated heterocycles. The van der Waals surface area contributed by atoms with Crippen LogP contribution < -0.4 is 0 Å². The summed E-state index contributed by atoms with van der Waals surface area (Å²) in [7, 11) is 1.59. The molecule has 1 aliphatic heterocycles. The topological polar surface area (TPSA) is 54.0 Å². The van der Waals surface area contributed by atoms with Crippen molar-refractivity contribution in [2.75, 3.05) is 32.7 Å². The summed E-state index contributed by atoms with van der Waals surface area (Å²) in [4.78, 5) is 11.9. The van der Waals surface area contributed by atoms with Gasteiger partial charge in [-0.25, -0.2) is 0 Å². The second kappa shape index (κ2) is 17.1. The number of hydrogen-bond acceptors (Lipinski definition) is 7. The van der Waals surface area contributed by atoms with Gasteiger partial charge < -0.3 is 18.5 Å². The summed E-state index contributed by atoms with van der Waals surface area (Å²) < 4.78 is 21.8. The molecule has 166 valence electrons. The van der Waals surface area contributed by atoms with Crippen molar-refractivity contribution >= 4 is 34.9 Å². The lowest BCUT2D eigenvalue weighted by molar-refractivity contribution is -0.148. The molecule has 0 aromatic heterocycles. The maximum atomic E-state index is 11.9. The van der Waals surface area contributed by atoms with Crippen LogP contribution >= 0.6 is 17.1 Å². The first-order valence-corrected chi connectivity index (χ1v) is 15.0. The highest BCUT2D eigenvalue weighted by Crippen LogP contribution is 2.64. The van der Waals surface area contributed by atoms with Crippen LogP contribution in [0.5, 0.6) is 0 Å². The molecule has 0 spiro atoms. The minimum absolute atomic E-state index is 0.160. The first kappa shape index (κ1) is 26.4. The number of hydrogen-bond donors (Lipinski definition) is 0. The third-order valence-electron chi connectivity index (χ3n) is 4.75. The van der Waals surface area contributed by atoms with Gasteiger partial charge in [0.25, 0.3) is 0 Å². The third kappa shape index (κ3) is 13.6. The van der Waals surface area contributed by atoms with E-state index < -0.39 is 5.69 Å². The van der Waals surface area contributed by atoms with Gasteiger partial charge in [-0.15, -0.1) is 0 Å². The molecule has 8 heteroatoms. The minimum Gasteiger partial charge on any atom is -0.463 e. The summed E-state index contributed by atoms with van der Waals surface area (Å²) in [6.07, 6.45) is 14.2. The Morgan fingerprint density at radius 2 is 1.64 bits per heavy atom. The first-order chi connectivity index (χ1) is 13.6. The standard InChI is InChI=1S/C20H39O5PS2/c1-3-4-5-6-7-8-9-10-11-12-13-14-20(21)23-17-19(22-2)18-25-26(27)24-15-16-28-26/h19H,3-18H2,1-2H3. The average Bonchev–Trinajstić information content (AvgIpc) is 3.13. The molecule has 0 N–H and O–H groups in total. The molecule has 2 unspecified atom stereocenters. The van der Waals surface area contributed by atoms with Crippen molar-refractivity contribution in [1.82, 2.24) is 0 Å². The van der Waals surface area contributed by atoms with Gasteiger partial charge in [0.1, 0.15) is 12.7 Å². The van der Waals surface area contributed by atoms with E-state index in [1.165, 1.54) is 57.8 Å². The van der Waals surface area contributed by atoms with Crippen LogP contribution in [0.2, 0.25) is 0 Å². The molecular formula is C20H39O5PS2. The third-order valence-corrected chi connectivity index (χ3v) is 10.1. The van der Waals surface area contributed by atoms with E-state index >= 15 is 0 Å². The predicted octanol–water partition coefficient (Wildman–Crippen LogP) is 6.25. The molecule has 1 fully saturated rings. The highest BCUT2D eigenvalue weighted by Gasteiger charge is 2.27. The molecule has 0 saturated carbocycles. The maximum Gasteiger partial charge on any atom is 0.305 e. The van der Waals surface area contributed by atoms with E-state index in [1.54, 1.807) is 18.5 Å². The van der Waals surface area contributed by atoms with Crippen molar-refractivity contribution < 1.29 is 23.3 Å². The Hall–Kier alpha value is 0.350. The van der Waals surface area contributed by atoms with Gasteiger partial charge in [-0.2, -0.15) is 0 Å². The van der Waals surface area contributed by atoms with Gasteiger partial charge in [0.15, 0.2) is 0 Å². The Bertz CT molecular complexity index is 440. The van der Waals surface area contributed by atoms with Gasteiger partial charge in [-0.3, -0.25) is 4.79 Å². The van der Waals surface area contributed by atoms with E-state index in [9.17, 15) is 4.79 Å². The van der Waals surface area contributed by atoms with Gasteiger partial charge in [0.2, 0.25) is 5.69 Å². The van der Waals surface area contributed by atoms with E-state index in [0.29, 0.717) is 19.6 Å².